The molecule has 9 heteroatoms. The Bertz CT molecular complexity index is 944. The lowest BCUT2D eigenvalue weighted by Crippen LogP contribution is -2.47. The summed E-state index contributed by atoms with van der Waals surface area (Å²) in [6.07, 6.45) is 7.19. The van der Waals surface area contributed by atoms with Gasteiger partial charge in [0.1, 0.15) is 5.82 Å². The fourth-order valence-electron chi connectivity index (χ4n) is 2.98. The lowest BCUT2D eigenvalue weighted by atomic mass is 10.2. The number of piperazine rings is 1. The number of carbonyl (C=O) groups excluding carboxylic acids is 1. The van der Waals surface area contributed by atoms with Gasteiger partial charge < -0.3 is 15.1 Å². The number of rotatable bonds is 4. The van der Waals surface area contributed by atoms with Gasteiger partial charge in [0.25, 0.3) is 5.91 Å². The summed E-state index contributed by atoms with van der Waals surface area (Å²) < 4.78 is 13.6. The minimum atomic E-state index is -0.677. The van der Waals surface area contributed by atoms with Crippen LogP contribution in [-0.4, -0.2) is 52.0 Å². The van der Waals surface area contributed by atoms with Crippen LogP contribution >= 0.6 is 0 Å². The molecule has 1 aliphatic rings. The average molecular weight is 379 g/mol. The Kier molecular flexibility index (Phi) is 5.05. The maximum absolute atomic E-state index is 13.6. The van der Waals surface area contributed by atoms with Gasteiger partial charge in [-0.2, -0.15) is 0 Å². The number of hydrogen-bond acceptors (Lipinski definition) is 7. The van der Waals surface area contributed by atoms with Gasteiger partial charge in [-0.15, -0.1) is 0 Å². The minimum Gasteiger partial charge on any atom is -0.353 e. The van der Waals surface area contributed by atoms with Gasteiger partial charge in [-0.05, 0) is 18.2 Å². The first-order chi connectivity index (χ1) is 13.7. The van der Waals surface area contributed by atoms with Crippen LogP contribution in [0.4, 0.5) is 21.8 Å². The molecule has 0 bridgehead atoms. The van der Waals surface area contributed by atoms with E-state index in [0.717, 1.165) is 38.2 Å². The molecule has 0 radical (unpaired) electrons. The third-order valence-electron chi connectivity index (χ3n) is 4.45. The quantitative estimate of drug-likeness (QED) is 0.742. The normalized spacial score (nSPS) is 14.0. The van der Waals surface area contributed by atoms with E-state index in [2.05, 4.69) is 35.1 Å². The Morgan fingerprint density at radius 2 is 1.68 bits per heavy atom. The van der Waals surface area contributed by atoms with Crippen LogP contribution < -0.4 is 15.1 Å². The largest absolute Gasteiger partial charge is 0.353 e. The van der Waals surface area contributed by atoms with Crippen LogP contribution in [0.15, 0.2) is 55.2 Å². The highest BCUT2D eigenvalue weighted by atomic mass is 19.1. The monoisotopic (exact) mass is 379 g/mol. The van der Waals surface area contributed by atoms with E-state index in [9.17, 15) is 9.18 Å². The Morgan fingerprint density at radius 1 is 0.929 bits per heavy atom. The summed E-state index contributed by atoms with van der Waals surface area (Å²) in [4.78, 5) is 33.1. The first-order valence-electron chi connectivity index (χ1n) is 8.84. The fourth-order valence-corrected chi connectivity index (χ4v) is 2.98. The number of carbonyl (C=O) groups is 1. The minimum absolute atomic E-state index is 0.0790. The molecule has 28 heavy (non-hydrogen) atoms. The molecule has 1 saturated heterocycles. The van der Waals surface area contributed by atoms with Crippen LogP contribution in [0.3, 0.4) is 0 Å². The van der Waals surface area contributed by atoms with E-state index in [1.807, 2.05) is 18.2 Å². The van der Waals surface area contributed by atoms with E-state index in [0.29, 0.717) is 11.6 Å². The number of pyridine rings is 2. The molecule has 8 nitrogen and oxygen atoms in total. The lowest BCUT2D eigenvalue weighted by molar-refractivity contribution is 0.102. The molecule has 4 heterocycles. The van der Waals surface area contributed by atoms with E-state index in [1.165, 1.54) is 24.7 Å². The summed E-state index contributed by atoms with van der Waals surface area (Å²) in [5.74, 6) is 0.307. The van der Waals surface area contributed by atoms with Gasteiger partial charge in [0.2, 0.25) is 5.95 Å². The molecule has 3 aromatic heterocycles. The predicted molar refractivity (Wildman–Crippen MR) is 103 cm³/mol. The summed E-state index contributed by atoms with van der Waals surface area (Å²) in [5.41, 5.74) is 0.321. The fraction of sp³-hybridized carbons (Fsp3) is 0.211. The van der Waals surface area contributed by atoms with Crippen LogP contribution in [0.2, 0.25) is 0 Å². The molecule has 0 spiro atoms. The van der Waals surface area contributed by atoms with E-state index in [-0.39, 0.29) is 5.56 Å². The molecule has 0 saturated carbocycles. The molecule has 0 unspecified atom stereocenters. The number of nitrogens with one attached hydrogen (secondary N) is 1. The zero-order valence-electron chi connectivity index (χ0n) is 15.0. The SMILES string of the molecule is O=C(Nc1cnc(N2CCN(c3ccccn3)CC2)nc1)c1ccncc1F. The van der Waals surface area contributed by atoms with Gasteiger partial charge in [-0.1, -0.05) is 6.07 Å². The van der Waals surface area contributed by atoms with Gasteiger partial charge >= 0.3 is 0 Å². The standard InChI is InChI=1S/C19H18FN7O/c20-16-13-21-6-4-15(16)18(28)25-14-11-23-19(24-12-14)27-9-7-26(8-10-27)17-3-1-2-5-22-17/h1-6,11-13H,7-10H2,(H,25,28). The Labute approximate surface area is 161 Å². The molecule has 0 aliphatic carbocycles. The highest BCUT2D eigenvalue weighted by Gasteiger charge is 2.20. The van der Waals surface area contributed by atoms with Gasteiger partial charge in [0.15, 0.2) is 5.82 Å². The second kappa shape index (κ2) is 7.95. The molecule has 1 fully saturated rings. The van der Waals surface area contributed by atoms with Crippen molar-refractivity contribution < 1.29 is 9.18 Å². The smallest absolute Gasteiger partial charge is 0.258 e. The molecule has 4 rings (SSSR count). The highest BCUT2D eigenvalue weighted by Crippen LogP contribution is 2.17. The molecule has 1 N–H and O–H groups in total. The van der Waals surface area contributed by atoms with Gasteiger partial charge in [0.05, 0.1) is 29.8 Å². The zero-order valence-corrected chi connectivity index (χ0v) is 15.0. The van der Waals surface area contributed by atoms with Crippen LogP contribution in [0, 0.1) is 5.82 Å². The maximum atomic E-state index is 13.6. The molecule has 0 atom stereocenters. The zero-order chi connectivity index (χ0) is 19.3. The van der Waals surface area contributed by atoms with Crippen molar-refractivity contribution in [3.63, 3.8) is 0 Å². The number of nitrogens with zero attached hydrogens (tertiary/aromatic N) is 6. The molecular formula is C19H18FN7O. The number of hydrogen-bond donors (Lipinski definition) is 1. The van der Waals surface area contributed by atoms with Crippen molar-refractivity contribution in [1.82, 2.24) is 19.9 Å². The van der Waals surface area contributed by atoms with Crippen molar-refractivity contribution >= 4 is 23.4 Å². The predicted octanol–water partition coefficient (Wildman–Crippen LogP) is 1.98. The molecule has 1 amide bonds. The lowest BCUT2D eigenvalue weighted by Gasteiger charge is -2.35. The molecular weight excluding hydrogens is 361 g/mol. The number of aromatic nitrogens is 4. The average Bonchev–Trinajstić information content (AvgIpc) is 2.75. The number of anilines is 3. The van der Waals surface area contributed by atoms with Crippen molar-refractivity contribution in [3.8, 4) is 0 Å². The Hall–Kier alpha value is -3.62. The first-order valence-corrected chi connectivity index (χ1v) is 8.84. The van der Waals surface area contributed by atoms with Gasteiger partial charge in [0, 0.05) is 38.6 Å². The van der Waals surface area contributed by atoms with Crippen molar-refractivity contribution in [2.45, 2.75) is 0 Å². The van der Waals surface area contributed by atoms with E-state index >= 15 is 0 Å². The molecule has 0 aromatic carbocycles. The summed E-state index contributed by atoms with van der Waals surface area (Å²) >= 11 is 0. The van der Waals surface area contributed by atoms with Crippen molar-refractivity contribution in [1.29, 1.82) is 0 Å². The van der Waals surface area contributed by atoms with E-state index < -0.39 is 11.7 Å². The molecule has 3 aromatic rings. The second-order valence-electron chi connectivity index (χ2n) is 6.24. The van der Waals surface area contributed by atoms with Gasteiger partial charge in [-0.25, -0.2) is 19.3 Å². The van der Waals surface area contributed by atoms with Crippen molar-refractivity contribution in [3.05, 3.63) is 66.6 Å². The van der Waals surface area contributed by atoms with E-state index in [1.54, 1.807) is 6.20 Å². The number of amides is 1. The third kappa shape index (κ3) is 3.88. The van der Waals surface area contributed by atoms with Crippen molar-refractivity contribution in [2.24, 2.45) is 0 Å². The van der Waals surface area contributed by atoms with Crippen LogP contribution in [-0.2, 0) is 0 Å². The van der Waals surface area contributed by atoms with E-state index in [4.69, 9.17) is 0 Å². The van der Waals surface area contributed by atoms with Crippen LogP contribution in [0.5, 0.6) is 0 Å². The topological polar surface area (TPSA) is 87.1 Å². The third-order valence-corrected chi connectivity index (χ3v) is 4.45. The molecule has 1 aliphatic heterocycles. The summed E-state index contributed by atoms with van der Waals surface area (Å²) in [7, 11) is 0. The first kappa shape index (κ1) is 17.8. The summed E-state index contributed by atoms with van der Waals surface area (Å²) in [6, 6.07) is 7.19. The highest BCUT2D eigenvalue weighted by molar-refractivity contribution is 6.04. The van der Waals surface area contributed by atoms with Crippen molar-refractivity contribution in [2.75, 3.05) is 41.3 Å². The second-order valence-corrected chi connectivity index (χ2v) is 6.24. The Balaban J connectivity index is 1.36. The van der Waals surface area contributed by atoms with Crippen LogP contribution in [0.1, 0.15) is 10.4 Å². The maximum Gasteiger partial charge on any atom is 0.258 e. The number of halogens is 1. The Morgan fingerprint density at radius 3 is 2.36 bits per heavy atom. The molecule has 142 valence electrons. The van der Waals surface area contributed by atoms with Crippen LogP contribution in [0.25, 0.3) is 0 Å². The van der Waals surface area contributed by atoms with Gasteiger partial charge in [-0.3, -0.25) is 9.78 Å². The summed E-state index contributed by atoms with van der Waals surface area (Å²) in [5, 5.41) is 2.59. The summed E-state index contributed by atoms with van der Waals surface area (Å²) in [6.45, 7) is 3.18.